The Labute approximate surface area is 180 Å². The van der Waals surface area contributed by atoms with E-state index in [1.165, 1.54) is 24.7 Å². The van der Waals surface area contributed by atoms with Crippen molar-refractivity contribution in [1.29, 1.82) is 0 Å². The number of rotatable bonds is 5. The third-order valence-electron chi connectivity index (χ3n) is 6.92. The minimum Gasteiger partial charge on any atom is -0.469 e. The van der Waals surface area contributed by atoms with Crippen molar-refractivity contribution in [2.75, 3.05) is 14.2 Å². The van der Waals surface area contributed by atoms with Crippen molar-refractivity contribution in [2.45, 2.75) is 56.5 Å². The number of aryl methyl sites for hydroxylation is 1. The highest BCUT2D eigenvalue weighted by Gasteiger charge is 2.49. The highest BCUT2D eigenvalue weighted by molar-refractivity contribution is 5.75. The van der Waals surface area contributed by atoms with E-state index >= 15 is 0 Å². The Morgan fingerprint density at radius 3 is 2.60 bits per heavy atom. The molecule has 156 valence electrons. The van der Waals surface area contributed by atoms with Crippen LogP contribution < -0.4 is 0 Å². The fraction of sp³-hybridized carbons (Fsp3) is 0.444. The van der Waals surface area contributed by atoms with Gasteiger partial charge in [0, 0.05) is 30.0 Å². The molecule has 4 atom stereocenters. The van der Waals surface area contributed by atoms with Crippen molar-refractivity contribution in [3.63, 3.8) is 0 Å². The van der Waals surface area contributed by atoms with Gasteiger partial charge in [-0.05, 0) is 62.4 Å². The van der Waals surface area contributed by atoms with E-state index in [1.807, 2.05) is 0 Å². The fourth-order valence-corrected chi connectivity index (χ4v) is 5.27. The first kappa shape index (κ1) is 20.7. The number of piperidine rings is 1. The molecule has 2 aromatic rings. The van der Waals surface area contributed by atoms with E-state index in [0.29, 0.717) is 12.1 Å². The Kier molecular flexibility index (Phi) is 6.55. The standard InChI is InChI=1S/C27H31NO2/c1-28-23-17-18-25(28)26(27(29)30-2)24(19-23)22-15-13-21(14-16-22)12-8-4-7-11-20-9-5-3-6-10-20/h3,5-6,9-10,13-16,23-26H,4,7,11,17-19H2,1-2H3/t23-,24-,25?,26?/m1/s1. The van der Waals surface area contributed by atoms with Gasteiger partial charge >= 0.3 is 5.97 Å². The van der Waals surface area contributed by atoms with Crippen LogP contribution in [0.25, 0.3) is 0 Å². The second-order valence-electron chi connectivity index (χ2n) is 8.62. The third kappa shape index (κ3) is 4.45. The second-order valence-corrected chi connectivity index (χ2v) is 8.62. The SMILES string of the molecule is COC(=O)C1C2CC[C@H](C[C@@H]1c1ccc(C#CCCCc3ccccc3)cc1)N2C. The number of carbonyl (C=O) groups excluding carboxylic acids is 1. The van der Waals surface area contributed by atoms with Gasteiger partial charge in [-0.1, -0.05) is 54.3 Å². The molecule has 3 heteroatoms. The van der Waals surface area contributed by atoms with Crippen LogP contribution in [0.15, 0.2) is 54.6 Å². The van der Waals surface area contributed by atoms with Crippen LogP contribution in [0.4, 0.5) is 0 Å². The summed E-state index contributed by atoms with van der Waals surface area (Å²) in [5, 5.41) is 0. The van der Waals surface area contributed by atoms with Gasteiger partial charge in [-0.15, -0.1) is 0 Å². The highest BCUT2D eigenvalue weighted by atomic mass is 16.5. The zero-order chi connectivity index (χ0) is 20.9. The lowest BCUT2D eigenvalue weighted by molar-refractivity contribution is -0.150. The zero-order valence-electron chi connectivity index (χ0n) is 18.0. The summed E-state index contributed by atoms with van der Waals surface area (Å²) in [5.74, 6) is 6.69. The van der Waals surface area contributed by atoms with Crippen molar-refractivity contribution >= 4 is 5.97 Å². The number of hydrogen-bond acceptors (Lipinski definition) is 3. The topological polar surface area (TPSA) is 29.5 Å². The van der Waals surface area contributed by atoms with Gasteiger partial charge in [-0.3, -0.25) is 9.69 Å². The van der Waals surface area contributed by atoms with Gasteiger partial charge in [-0.2, -0.15) is 0 Å². The number of esters is 1. The first-order valence-electron chi connectivity index (χ1n) is 11.1. The van der Waals surface area contributed by atoms with Gasteiger partial charge in [-0.25, -0.2) is 0 Å². The van der Waals surface area contributed by atoms with Crippen LogP contribution in [0.1, 0.15) is 54.7 Å². The van der Waals surface area contributed by atoms with Crippen LogP contribution in [-0.4, -0.2) is 37.1 Å². The van der Waals surface area contributed by atoms with E-state index in [0.717, 1.165) is 37.7 Å². The Morgan fingerprint density at radius 2 is 1.87 bits per heavy atom. The lowest BCUT2D eigenvalue weighted by atomic mass is 9.76. The number of methoxy groups -OCH3 is 1. The molecule has 2 bridgehead atoms. The highest BCUT2D eigenvalue weighted by Crippen LogP contribution is 2.46. The van der Waals surface area contributed by atoms with Gasteiger partial charge in [0.15, 0.2) is 0 Å². The fourth-order valence-electron chi connectivity index (χ4n) is 5.27. The number of nitrogens with zero attached hydrogens (tertiary/aromatic N) is 1. The number of benzene rings is 2. The first-order valence-corrected chi connectivity index (χ1v) is 11.1. The molecule has 0 spiro atoms. The zero-order valence-corrected chi connectivity index (χ0v) is 18.0. The first-order chi connectivity index (χ1) is 14.7. The summed E-state index contributed by atoms with van der Waals surface area (Å²) < 4.78 is 5.18. The average Bonchev–Trinajstić information content (AvgIpc) is 3.01. The molecular weight excluding hydrogens is 370 g/mol. The van der Waals surface area contributed by atoms with Crippen molar-refractivity contribution < 1.29 is 9.53 Å². The van der Waals surface area contributed by atoms with Crippen molar-refractivity contribution in [3.05, 3.63) is 71.3 Å². The van der Waals surface area contributed by atoms with Gasteiger partial charge in [0.2, 0.25) is 0 Å². The molecule has 0 aromatic heterocycles. The lowest BCUT2D eigenvalue weighted by Crippen LogP contribution is -2.49. The van der Waals surface area contributed by atoms with Gasteiger partial charge in [0.05, 0.1) is 13.0 Å². The van der Waals surface area contributed by atoms with Crippen LogP contribution in [0.2, 0.25) is 0 Å². The summed E-state index contributed by atoms with van der Waals surface area (Å²) in [6.07, 6.45) is 6.34. The molecule has 0 aliphatic carbocycles. The maximum Gasteiger partial charge on any atom is 0.310 e. The Morgan fingerprint density at radius 1 is 1.10 bits per heavy atom. The van der Waals surface area contributed by atoms with Gasteiger partial charge in [0.25, 0.3) is 0 Å². The summed E-state index contributed by atoms with van der Waals surface area (Å²) in [6, 6.07) is 20.0. The molecule has 4 rings (SSSR count). The maximum atomic E-state index is 12.6. The second kappa shape index (κ2) is 9.49. The summed E-state index contributed by atoms with van der Waals surface area (Å²) in [4.78, 5) is 15.0. The Bertz CT molecular complexity index is 909. The molecule has 2 aliphatic rings. The molecule has 2 fully saturated rings. The molecule has 2 aromatic carbocycles. The molecule has 3 nitrogen and oxygen atoms in total. The summed E-state index contributed by atoms with van der Waals surface area (Å²) in [5.41, 5.74) is 3.66. The van der Waals surface area contributed by atoms with E-state index in [-0.39, 0.29) is 17.8 Å². The number of ether oxygens (including phenoxy) is 1. The van der Waals surface area contributed by atoms with Crippen LogP contribution in [0, 0.1) is 17.8 Å². The third-order valence-corrected chi connectivity index (χ3v) is 6.92. The Hall–Kier alpha value is -2.57. The van der Waals surface area contributed by atoms with Crippen molar-refractivity contribution in [3.8, 4) is 11.8 Å². The predicted octanol–water partition coefficient (Wildman–Crippen LogP) is 4.80. The smallest absolute Gasteiger partial charge is 0.310 e. The molecule has 0 amide bonds. The average molecular weight is 402 g/mol. The van der Waals surface area contributed by atoms with Gasteiger partial charge < -0.3 is 4.74 Å². The normalized spacial score (nSPS) is 25.4. The number of carbonyl (C=O) groups is 1. The van der Waals surface area contributed by atoms with E-state index < -0.39 is 0 Å². The molecule has 2 unspecified atom stereocenters. The van der Waals surface area contributed by atoms with E-state index in [9.17, 15) is 4.79 Å². The quantitative estimate of drug-likeness (QED) is 0.409. The van der Waals surface area contributed by atoms with Crippen LogP contribution in [0.5, 0.6) is 0 Å². The summed E-state index contributed by atoms with van der Waals surface area (Å²) >= 11 is 0. The van der Waals surface area contributed by atoms with E-state index in [1.54, 1.807) is 0 Å². The van der Waals surface area contributed by atoms with Crippen LogP contribution in [-0.2, 0) is 16.0 Å². The van der Waals surface area contributed by atoms with Crippen LogP contribution >= 0.6 is 0 Å². The lowest BCUT2D eigenvalue weighted by Gasteiger charge is -2.41. The van der Waals surface area contributed by atoms with Crippen molar-refractivity contribution in [2.24, 2.45) is 5.92 Å². The minimum absolute atomic E-state index is 0.0699. The molecular formula is C27H31NO2. The minimum atomic E-state index is -0.0753. The number of unbranched alkanes of at least 4 members (excludes halogenated alkanes) is 1. The largest absolute Gasteiger partial charge is 0.469 e. The monoisotopic (exact) mass is 401 g/mol. The number of fused-ring (bicyclic) bond motifs is 2. The van der Waals surface area contributed by atoms with E-state index in [4.69, 9.17) is 4.74 Å². The number of hydrogen-bond donors (Lipinski definition) is 0. The van der Waals surface area contributed by atoms with Gasteiger partial charge in [0.1, 0.15) is 0 Å². The van der Waals surface area contributed by atoms with Crippen molar-refractivity contribution in [1.82, 2.24) is 4.90 Å². The molecule has 2 saturated heterocycles. The predicted molar refractivity (Wildman–Crippen MR) is 120 cm³/mol. The van der Waals surface area contributed by atoms with E-state index in [2.05, 4.69) is 78.4 Å². The summed E-state index contributed by atoms with van der Waals surface area (Å²) in [6.45, 7) is 0. The molecule has 2 aliphatic heterocycles. The van der Waals surface area contributed by atoms with Crippen LogP contribution in [0.3, 0.4) is 0 Å². The Balaban J connectivity index is 1.39. The maximum absolute atomic E-state index is 12.6. The summed E-state index contributed by atoms with van der Waals surface area (Å²) in [7, 11) is 3.67. The molecule has 30 heavy (non-hydrogen) atoms. The molecule has 0 N–H and O–H groups in total. The molecule has 0 radical (unpaired) electrons. The molecule has 2 heterocycles. The molecule has 0 saturated carbocycles.